The third-order valence-electron chi connectivity index (χ3n) is 7.25. The minimum Gasteiger partial charge on any atom is -0.374 e. The number of thioether (sulfide) groups is 1. The van der Waals surface area contributed by atoms with Crippen LogP contribution in [0, 0.1) is 0 Å². The van der Waals surface area contributed by atoms with Crippen LogP contribution in [0.1, 0.15) is 36.1 Å². The van der Waals surface area contributed by atoms with Gasteiger partial charge in [0.25, 0.3) is 0 Å². The maximum absolute atomic E-state index is 6.84. The van der Waals surface area contributed by atoms with Crippen molar-refractivity contribution in [1.82, 2.24) is 0 Å². The molecule has 0 spiro atoms. The second kappa shape index (κ2) is 16.8. The molecule has 5 atom stereocenters. The Hall–Kier alpha value is -2.97. The number of rotatable bonds is 16. The molecular weight excluding hydrogens is 556 g/mol. The highest BCUT2D eigenvalue weighted by atomic mass is 32.2. The van der Waals surface area contributed by atoms with E-state index < -0.39 is 0 Å². The molecule has 0 unspecified atom stereocenters. The van der Waals surface area contributed by atoms with Gasteiger partial charge in [0.05, 0.1) is 33.0 Å². The summed E-state index contributed by atoms with van der Waals surface area (Å²) in [5.74, 6) is 0. The van der Waals surface area contributed by atoms with Crippen LogP contribution in [0.5, 0.6) is 0 Å². The fourth-order valence-corrected chi connectivity index (χ4v) is 6.22. The highest BCUT2D eigenvalue weighted by Crippen LogP contribution is 2.38. The number of hydrogen-bond donors (Lipinski definition) is 0. The van der Waals surface area contributed by atoms with Crippen LogP contribution in [0.25, 0.3) is 0 Å². The van der Waals surface area contributed by atoms with Gasteiger partial charge < -0.3 is 23.7 Å². The summed E-state index contributed by atoms with van der Waals surface area (Å²) >= 11 is 1.76. The molecule has 1 aliphatic heterocycles. The Bertz CT molecular complexity index is 1310. The maximum atomic E-state index is 6.84. The van der Waals surface area contributed by atoms with Crippen molar-refractivity contribution in [3.63, 3.8) is 0 Å². The Morgan fingerprint density at radius 1 is 0.581 bits per heavy atom. The first-order valence-electron chi connectivity index (χ1n) is 15.0. The standard InChI is InChI=1S/C37H42O5S/c1-28(2)43-37-36(41-26-32-21-13-6-14-22-32)35(40-25-31-19-11-5-12-20-31)34(42-37)33(39-24-30-17-9-4-10-18-30)27-38-23-29-15-7-3-8-16-29/h3-22,28,33-37H,23-27H2,1-2H3/t33-,34+,35+,36-,37+/m1/s1. The Kier molecular flexibility index (Phi) is 12.3. The fourth-order valence-electron chi connectivity index (χ4n) is 5.11. The van der Waals surface area contributed by atoms with Crippen molar-refractivity contribution >= 4 is 11.8 Å². The van der Waals surface area contributed by atoms with Gasteiger partial charge in [0, 0.05) is 5.25 Å². The highest BCUT2D eigenvalue weighted by molar-refractivity contribution is 8.00. The summed E-state index contributed by atoms with van der Waals surface area (Å²) in [7, 11) is 0. The van der Waals surface area contributed by atoms with Crippen LogP contribution in [0.3, 0.4) is 0 Å². The van der Waals surface area contributed by atoms with Crippen LogP contribution in [-0.4, -0.2) is 41.7 Å². The van der Waals surface area contributed by atoms with Crippen LogP contribution < -0.4 is 0 Å². The fraction of sp³-hybridized carbons (Fsp3) is 0.351. The molecule has 0 N–H and O–H groups in total. The van der Waals surface area contributed by atoms with Crippen molar-refractivity contribution in [2.45, 2.75) is 75.4 Å². The van der Waals surface area contributed by atoms with Gasteiger partial charge in [0.15, 0.2) is 0 Å². The number of ether oxygens (including phenoxy) is 5. The third kappa shape index (κ3) is 9.77. The Labute approximate surface area is 260 Å². The van der Waals surface area contributed by atoms with Crippen molar-refractivity contribution in [3.8, 4) is 0 Å². The lowest BCUT2D eigenvalue weighted by molar-refractivity contribution is -0.138. The molecule has 0 amide bonds. The molecule has 0 aliphatic carbocycles. The quantitative estimate of drug-likeness (QED) is 0.131. The first kappa shape index (κ1) is 31.5. The van der Waals surface area contributed by atoms with Gasteiger partial charge in [-0.2, -0.15) is 0 Å². The topological polar surface area (TPSA) is 46.2 Å². The molecule has 5 rings (SSSR count). The Morgan fingerprint density at radius 2 is 1.02 bits per heavy atom. The Morgan fingerprint density at radius 3 is 1.51 bits per heavy atom. The van der Waals surface area contributed by atoms with Crippen LogP contribution in [0.15, 0.2) is 121 Å². The molecule has 4 aromatic rings. The highest BCUT2D eigenvalue weighted by Gasteiger charge is 2.50. The summed E-state index contributed by atoms with van der Waals surface area (Å²) in [6.07, 6.45) is -1.41. The summed E-state index contributed by atoms with van der Waals surface area (Å²) in [5, 5.41) is 0.347. The van der Waals surface area contributed by atoms with E-state index in [1.165, 1.54) is 0 Å². The summed E-state index contributed by atoms with van der Waals surface area (Å²) in [6, 6.07) is 40.9. The van der Waals surface area contributed by atoms with Gasteiger partial charge in [-0.15, -0.1) is 11.8 Å². The van der Waals surface area contributed by atoms with E-state index in [-0.39, 0.29) is 29.9 Å². The van der Waals surface area contributed by atoms with Crippen LogP contribution >= 0.6 is 11.8 Å². The van der Waals surface area contributed by atoms with E-state index in [0.717, 1.165) is 22.3 Å². The van der Waals surface area contributed by atoms with E-state index >= 15 is 0 Å². The largest absolute Gasteiger partial charge is 0.374 e. The number of hydrogen-bond acceptors (Lipinski definition) is 6. The molecule has 1 saturated heterocycles. The molecule has 1 fully saturated rings. The third-order valence-corrected chi connectivity index (χ3v) is 8.44. The van der Waals surface area contributed by atoms with E-state index in [1.54, 1.807) is 11.8 Å². The maximum Gasteiger partial charge on any atom is 0.132 e. The van der Waals surface area contributed by atoms with Gasteiger partial charge in [0.1, 0.15) is 29.9 Å². The van der Waals surface area contributed by atoms with E-state index in [1.807, 2.05) is 72.8 Å². The molecule has 1 aliphatic rings. The zero-order valence-electron chi connectivity index (χ0n) is 25.0. The molecule has 0 aromatic heterocycles. The lowest BCUT2D eigenvalue weighted by Gasteiger charge is -2.29. The molecule has 6 heteroatoms. The summed E-state index contributed by atoms with van der Waals surface area (Å²) in [6.45, 7) is 6.59. The van der Waals surface area contributed by atoms with Gasteiger partial charge in [-0.3, -0.25) is 0 Å². The van der Waals surface area contributed by atoms with Crippen molar-refractivity contribution in [3.05, 3.63) is 144 Å². The molecule has 5 nitrogen and oxygen atoms in total. The number of benzene rings is 4. The summed E-state index contributed by atoms with van der Waals surface area (Å²) in [5.41, 5.74) is 4.21. The average Bonchev–Trinajstić information content (AvgIpc) is 3.38. The zero-order chi connectivity index (χ0) is 29.7. The minimum absolute atomic E-state index is 0.216. The monoisotopic (exact) mass is 598 g/mol. The summed E-state index contributed by atoms with van der Waals surface area (Å²) < 4.78 is 33.1. The molecule has 0 radical (unpaired) electrons. The van der Waals surface area contributed by atoms with Gasteiger partial charge in [-0.25, -0.2) is 0 Å². The van der Waals surface area contributed by atoms with Crippen molar-refractivity contribution in [1.29, 1.82) is 0 Å². The van der Waals surface area contributed by atoms with Crippen molar-refractivity contribution in [2.24, 2.45) is 0 Å². The first-order chi connectivity index (χ1) is 21.2. The molecule has 4 aromatic carbocycles. The smallest absolute Gasteiger partial charge is 0.132 e. The molecular formula is C37H42O5S. The van der Waals surface area contributed by atoms with Crippen molar-refractivity contribution in [2.75, 3.05) is 6.61 Å². The first-order valence-corrected chi connectivity index (χ1v) is 16.0. The summed E-state index contributed by atoms with van der Waals surface area (Å²) in [4.78, 5) is 0. The van der Waals surface area contributed by atoms with Gasteiger partial charge >= 0.3 is 0 Å². The predicted octanol–water partition coefficient (Wildman–Crippen LogP) is 7.83. The van der Waals surface area contributed by atoms with Crippen LogP contribution in [0.4, 0.5) is 0 Å². The van der Waals surface area contributed by atoms with Gasteiger partial charge in [-0.05, 0) is 22.3 Å². The van der Waals surface area contributed by atoms with Crippen molar-refractivity contribution < 1.29 is 23.7 Å². The zero-order valence-corrected chi connectivity index (χ0v) is 25.8. The van der Waals surface area contributed by atoms with Crippen LogP contribution in [-0.2, 0) is 50.1 Å². The van der Waals surface area contributed by atoms with E-state index in [0.29, 0.717) is 38.3 Å². The lowest BCUT2D eigenvalue weighted by atomic mass is 10.1. The van der Waals surface area contributed by atoms with E-state index in [9.17, 15) is 0 Å². The van der Waals surface area contributed by atoms with E-state index in [4.69, 9.17) is 23.7 Å². The van der Waals surface area contributed by atoms with E-state index in [2.05, 4.69) is 62.4 Å². The van der Waals surface area contributed by atoms with Gasteiger partial charge in [-0.1, -0.05) is 135 Å². The van der Waals surface area contributed by atoms with Crippen LogP contribution in [0.2, 0.25) is 0 Å². The normalized spacial score (nSPS) is 20.8. The second-order valence-corrected chi connectivity index (χ2v) is 12.7. The van der Waals surface area contributed by atoms with Gasteiger partial charge in [0.2, 0.25) is 0 Å². The predicted molar refractivity (Wildman–Crippen MR) is 173 cm³/mol. The molecule has 0 saturated carbocycles. The lowest BCUT2D eigenvalue weighted by Crippen LogP contribution is -2.44. The molecule has 0 bridgehead atoms. The molecule has 226 valence electrons. The minimum atomic E-state index is -0.389. The second-order valence-electron chi connectivity index (χ2n) is 11.0. The molecule has 43 heavy (non-hydrogen) atoms. The molecule has 1 heterocycles. The average molecular weight is 599 g/mol. The SMILES string of the molecule is CC(C)S[C@@H]1O[C@@H]([C@@H](COCc2ccccc2)OCc2ccccc2)[C@H](OCc2ccccc2)[C@H]1OCc1ccccc1. The Balaban J connectivity index is 1.39.